The Labute approximate surface area is 179 Å². The van der Waals surface area contributed by atoms with E-state index in [4.69, 9.17) is 13.9 Å². The standard InChI is InChI=1S/C21H20O11/c1-7-15(26)17(28)18(29)21(30-7)32-20-16(27)14-12(25)5-9(22)6-13(14)31-19(20)8-2-3-10(23)11(24)4-8/h2-7,15,17-18,21-26,28-29H,1H3/t7-,15+,17-,18+,21-/m0/s1. The van der Waals surface area contributed by atoms with Crippen LogP contribution in [0.4, 0.5) is 0 Å². The molecule has 1 aliphatic rings. The van der Waals surface area contributed by atoms with Crippen LogP contribution in [0.5, 0.6) is 28.7 Å². The number of phenolic OH excluding ortho intramolecular Hbond substituents is 4. The van der Waals surface area contributed by atoms with Gasteiger partial charge in [-0.15, -0.1) is 0 Å². The minimum Gasteiger partial charge on any atom is -0.508 e. The topological polar surface area (TPSA) is 190 Å². The van der Waals surface area contributed by atoms with Crippen LogP contribution in [0.25, 0.3) is 22.3 Å². The molecule has 1 saturated heterocycles. The van der Waals surface area contributed by atoms with Crippen molar-refractivity contribution in [1.82, 2.24) is 0 Å². The average Bonchev–Trinajstić information content (AvgIpc) is 2.73. The second-order valence-corrected chi connectivity index (χ2v) is 7.43. The normalized spacial score (nSPS) is 25.7. The summed E-state index contributed by atoms with van der Waals surface area (Å²) in [6, 6.07) is 5.51. The van der Waals surface area contributed by atoms with Crippen LogP contribution in [0, 0.1) is 0 Å². The first-order chi connectivity index (χ1) is 15.1. The van der Waals surface area contributed by atoms with Crippen molar-refractivity contribution < 1.29 is 49.6 Å². The van der Waals surface area contributed by atoms with Crippen molar-refractivity contribution in [2.75, 3.05) is 0 Å². The largest absolute Gasteiger partial charge is 0.508 e. The maximum absolute atomic E-state index is 13.2. The maximum Gasteiger partial charge on any atom is 0.239 e. The summed E-state index contributed by atoms with van der Waals surface area (Å²) in [6.07, 6.45) is -7.35. The van der Waals surface area contributed by atoms with Crippen LogP contribution in [-0.4, -0.2) is 66.5 Å². The molecule has 0 spiro atoms. The fourth-order valence-electron chi connectivity index (χ4n) is 3.46. The van der Waals surface area contributed by atoms with E-state index in [-0.39, 0.29) is 28.0 Å². The third-order valence-corrected chi connectivity index (χ3v) is 5.20. The van der Waals surface area contributed by atoms with Gasteiger partial charge in [-0.2, -0.15) is 0 Å². The van der Waals surface area contributed by atoms with Crippen molar-refractivity contribution in [3.63, 3.8) is 0 Å². The van der Waals surface area contributed by atoms with Gasteiger partial charge in [-0.25, -0.2) is 0 Å². The number of phenols is 4. The first kappa shape index (κ1) is 21.7. The van der Waals surface area contributed by atoms with Crippen LogP contribution in [0.1, 0.15) is 6.92 Å². The van der Waals surface area contributed by atoms with E-state index >= 15 is 0 Å². The molecular weight excluding hydrogens is 428 g/mol. The predicted octanol–water partition coefficient (Wildman–Crippen LogP) is 0.489. The average molecular weight is 448 g/mol. The molecule has 11 heteroatoms. The van der Waals surface area contributed by atoms with Gasteiger partial charge in [0.05, 0.1) is 6.10 Å². The summed E-state index contributed by atoms with van der Waals surface area (Å²) < 4.78 is 16.6. The van der Waals surface area contributed by atoms with Crippen LogP contribution in [0.2, 0.25) is 0 Å². The molecule has 1 aromatic heterocycles. The third kappa shape index (κ3) is 3.56. The van der Waals surface area contributed by atoms with Crippen LogP contribution in [0.3, 0.4) is 0 Å². The molecule has 0 radical (unpaired) electrons. The molecule has 2 aromatic carbocycles. The SMILES string of the molecule is C[C@@H]1O[C@@H](Oc2c(-c3ccc(O)c(O)c3)oc3cc(O)cc(O)c3c2=O)[C@H](O)[C@@H](O)[C@@H]1O. The fourth-order valence-corrected chi connectivity index (χ4v) is 3.46. The molecule has 0 bridgehead atoms. The Balaban J connectivity index is 1.92. The molecular formula is C21H20O11. The molecule has 4 rings (SSSR count). The Kier molecular flexibility index (Phi) is 5.34. The lowest BCUT2D eigenvalue weighted by molar-refractivity contribution is -0.268. The number of aliphatic hydroxyl groups is 3. The summed E-state index contributed by atoms with van der Waals surface area (Å²) >= 11 is 0. The quantitative estimate of drug-likeness (QED) is 0.276. The number of benzene rings is 2. The van der Waals surface area contributed by atoms with Gasteiger partial charge in [0.25, 0.3) is 0 Å². The van der Waals surface area contributed by atoms with E-state index in [1.807, 2.05) is 0 Å². The van der Waals surface area contributed by atoms with Gasteiger partial charge in [0.2, 0.25) is 17.5 Å². The Bertz CT molecular complexity index is 1230. The number of hydrogen-bond donors (Lipinski definition) is 7. The van der Waals surface area contributed by atoms with E-state index in [2.05, 4.69) is 0 Å². The van der Waals surface area contributed by atoms with E-state index in [9.17, 15) is 40.5 Å². The molecule has 5 atom stereocenters. The van der Waals surface area contributed by atoms with E-state index in [1.165, 1.54) is 13.0 Å². The highest BCUT2D eigenvalue weighted by Gasteiger charge is 2.44. The molecule has 32 heavy (non-hydrogen) atoms. The molecule has 0 saturated carbocycles. The molecule has 3 aromatic rings. The van der Waals surface area contributed by atoms with Crippen LogP contribution < -0.4 is 10.2 Å². The van der Waals surface area contributed by atoms with Gasteiger partial charge in [-0.1, -0.05) is 0 Å². The van der Waals surface area contributed by atoms with Gasteiger partial charge in [0.1, 0.15) is 40.8 Å². The third-order valence-electron chi connectivity index (χ3n) is 5.20. The first-order valence-electron chi connectivity index (χ1n) is 9.50. The fraction of sp³-hybridized carbons (Fsp3) is 0.286. The Hall–Kier alpha value is -3.51. The smallest absolute Gasteiger partial charge is 0.239 e. The number of hydrogen-bond acceptors (Lipinski definition) is 11. The van der Waals surface area contributed by atoms with Gasteiger partial charge in [0, 0.05) is 17.7 Å². The minimum atomic E-state index is -1.74. The van der Waals surface area contributed by atoms with Crippen molar-refractivity contribution in [2.24, 2.45) is 0 Å². The summed E-state index contributed by atoms with van der Waals surface area (Å²) in [5, 5.41) is 69.2. The number of ether oxygens (including phenoxy) is 2. The summed E-state index contributed by atoms with van der Waals surface area (Å²) in [4.78, 5) is 13.2. The van der Waals surface area contributed by atoms with Gasteiger partial charge >= 0.3 is 0 Å². The zero-order valence-corrected chi connectivity index (χ0v) is 16.5. The van der Waals surface area contributed by atoms with E-state index < -0.39 is 59.1 Å². The van der Waals surface area contributed by atoms with E-state index in [0.29, 0.717) is 0 Å². The van der Waals surface area contributed by atoms with E-state index in [0.717, 1.165) is 24.3 Å². The van der Waals surface area contributed by atoms with Gasteiger partial charge in [-0.05, 0) is 25.1 Å². The second kappa shape index (κ2) is 7.88. The lowest BCUT2D eigenvalue weighted by atomic mass is 10.00. The van der Waals surface area contributed by atoms with Crippen LogP contribution >= 0.6 is 0 Å². The number of aromatic hydroxyl groups is 4. The lowest BCUT2D eigenvalue weighted by Crippen LogP contribution is -2.58. The molecule has 170 valence electrons. The molecule has 11 nitrogen and oxygen atoms in total. The second-order valence-electron chi connectivity index (χ2n) is 7.43. The number of aliphatic hydroxyl groups excluding tert-OH is 3. The predicted molar refractivity (Wildman–Crippen MR) is 108 cm³/mol. The molecule has 7 N–H and O–H groups in total. The molecule has 1 fully saturated rings. The Morgan fingerprint density at radius 3 is 2.28 bits per heavy atom. The summed E-state index contributed by atoms with van der Waals surface area (Å²) in [5.41, 5.74) is -1.05. The van der Waals surface area contributed by atoms with E-state index in [1.54, 1.807) is 0 Å². The highest BCUT2D eigenvalue weighted by Crippen LogP contribution is 2.39. The van der Waals surface area contributed by atoms with Gasteiger partial charge in [-0.3, -0.25) is 4.79 Å². The van der Waals surface area contributed by atoms with Crippen LogP contribution in [0.15, 0.2) is 39.5 Å². The number of fused-ring (bicyclic) bond motifs is 1. The molecule has 0 amide bonds. The molecule has 0 aliphatic carbocycles. The highest BCUT2D eigenvalue weighted by molar-refractivity contribution is 5.88. The van der Waals surface area contributed by atoms with Crippen molar-refractivity contribution in [2.45, 2.75) is 37.6 Å². The highest BCUT2D eigenvalue weighted by atomic mass is 16.7. The van der Waals surface area contributed by atoms with Crippen molar-refractivity contribution in [1.29, 1.82) is 0 Å². The zero-order valence-electron chi connectivity index (χ0n) is 16.5. The maximum atomic E-state index is 13.2. The lowest BCUT2D eigenvalue weighted by Gasteiger charge is -2.38. The summed E-state index contributed by atoms with van der Waals surface area (Å²) in [6.45, 7) is 1.42. The first-order valence-corrected chi connectivity index (χ1v) is 9.50. The monoisotopic (exact) mass is 448 g/mol. The zero-order chi connectivity index (χ0) is 23.3. The Morgan fingerprint density at radius 2 is 1.59 bits per heavy atom. The summed E-state index contributed by atoms with van der Waals surface area (Å²) in [5.74, 6) is -2.80. The van der Waals surface area contributed by atoms with Crippen LogP contribution in [-0.2, 0) is 4.74 Å². The van der Waals surface area contributed by atoms with Crippen molar-refractivity contribution >= 4 is 11.0 Å². The van der Waals surface area contributed by atoms with Gasteiger partial charge in [0.15, 0.2) is 17.3 Å². The molecule has 0 unspecified atom stereocenters. The Morgan fingerprint density at radius 1 is 0.875 bits per heavy atom. The molecule has 2 heterocycles. The van der Waals surface area contributed by atoms with Crippen molar-refractivity contribution in [3.05, 3.63) is 40.6 Å². The minimum absolute atomic E-state index is 0.0658. The molecule has 1 aliphatic heterocycles. The number of rotatable bonds is 3. The van der Waals surface area contributed by atoms with Crippen molar-refractivity contribution in [3.8, 4) is 40.1 Å². The van der Waals surface area contributed by atoms with Gasteiger partial charge < -0.3 is 49.6 Å². The summed E-state index contributed by atoms with van der Waals surface area (Å²) in [7, 11) is 0.